The van der Waals surface area contributed by atoms with Gasteiger partial charge in [-0.2, -0.15) is 0 Å². The van der Waals surface area contributed by atoms with Crippen LogP contribution in [-0.4, -0.2) is 59.0 Å². The van der Waals surface area contributed by atoms with E-state index in [2.05, 4.69) is 5.10 Å². The molecular formula is C13H22N4O4. The molecule has 0 aromatic heterocycles. The Bertz CT molecular complexity index is 457. The van der Waals surface area contributed by atoms with E-state index in [4.69, 9.17) is 4.74 Å². The molecule has 2 fully saturated rings. The van der Waals surface area contributed by atoms with Crippen LogP contribution in [0.1, 0.15) is 33.6 Å². The van der Waals surface area contributed by atoms with Crippen molar-refractivity contribution in [2.45, 2.75) is 39.7 Å². The molecule has 1 atom stereocenters. The van der Waals surface area contributed by atoms with E-state index >= 15 is 0 Å². The summed E-state index contributed by atoms with van der Waals surface area (Å²) in [5.74, 6) is -0.108. The first kappa shape index (κ1) is 15.7. The summed E-state index contributed by atoms with van der Waals surface area (Å²) >= 11 is 0. The Morgan fingerprint density at radius 1 is 1.52 bits per heavy atom. The van der Waals surface area contributed by atoms with Crippen molar-refractivity contribution in [3.8, 4) is 0 Å². The van der Waals surface area contributed by atoms with E-state index in [9.17, 15) is 14.9 Å². The summed E-state index contributed by atoms with van der Waals surface area (Å²) in [6, 6.07) is 0. The van der Waals surface area contributed by atoms with Crippen molar-refractivity contribution in [3.63, 3.8) is 0 Å². The number of guanidine groups is 1. The molecule has 0 saturated carbocycles. The lowest BCUT2D eigenvalue weighted by molar-refractivity contribution is -0.486. The number of rotatable bonds is 3. The van der Waals surface area contributed by atoms with Crippen molar-refractivity contribution < 1.29 is 14.6 Å². The second kappa shape index (κ2) is 5.97. The molecule has 0 aliphatic carbocycles. The van der Waals surface area contributed by atoms with Gasteiger partial charge < -0.3 is 9.64 Å². The molecule has 0 aromatic carbocycles. The van der Waals surface area contributed by atoms with Gasteiger partial charge >= 0.3 is 0 Å². The van der Waals surface area contributed by atoms with E-state index in [1.54, 1.807) is 0 Å². The molecule has 0 aromatic rings. The molecule has 2 rings (SSSR count). The topological polar surface area (TPSA) is 88.3 Å². The predicted molar refractivity (Wildman–Crippen MR) is 76.1 cm³/mol. The summed E-state index contributed by atoms with van der Waals surface area (Å²) in [6.07, 6.45) is 1.98. The van der Waals surface area contributed by atoms with Gasteiger partial charge in [-0.1, -0.05) is 13.8 Å². The van der Waals surface area contributed by atoms with E-state index in [0.29, 0.717) is 19.6 Å². The van der Waals surface area contributed by atoms with Crippen LogP contribution < -0.4 is 0 Å². The number of amides is 1. The zero-order valence-corrected chi connectivity index (χ0v) is 12.7. The summed E-state index contributed by atoms with van der Waals surface area (Å²) in [5, 5.41) is 13.5. The SMILES string of the molecule is CC(=O)N1CC(C)(C)CN(CC2CCCO2)/C1=N/[N+](=O)[O-]. The lowest BCUT2D eigenvalue weighted by atomic mass is 9.90. The number of carbonyl (C=O) groups excluding carboxylic acids is 1. The zero-order valence-electron chi connectivity index (χ0n) is 12.7. The third kappa shape index (κ3) is 3.90. The van der Waals surface area contributed by atoms with Crippen LogP contribution in [0.3, 0.4) is 0 Å². The molecule has 0 radical (unpaired) electrons. The zero-order chi connectivity index (χ0) is 15.6. The molecule has 21 heavy (non-hydrogen) atoms. The first-order valence-electron chi connectivity index (χ1n) is 7.16. The number of ether oxygens (including phenoxy) is 1. The van der Waals surface area contributed by atoms with E-state index < -0.39 is 5.03 Å². The highest BCUT2D eigenvalue weighted by Gasteiger charge is 2.40. The highest BCUT2D eigenvalue weighted by Crippen LogP contribution is 2.27. The highest BCUT2D eigenvalue weighted by atomic mass is 16.7. The lowest BCUT2D eigenvalue weighted by Crippen LogP contribution is -2.60. The number of hydrazone groups is 1. The Labute approximate surface area is 123 Å². The van der Waals surface area contributed by atoms with Crippen molar-refractivity contribution in [2.24, 2.45) is 10.5 Å². The van der Waals surface area contributed by atoms with Gasteiger partial charge in [0.25, 0.3) is 5.96 Å². The molecule has 118 valence electrons. The van der Waals surface area contributed by atoms with Gasteiger partial charge in [-0.3, -0.25) is 9.69 Å². The Morgan fingerprint density at radius 3 is 2.76 bits per heavy atom. The molecule has 2 aliphatic rings. The minimum Gasteiger partial charge on any atom is -0.376 e. The van der Waals surface area contributed by atoms with Crippen molar-refractivity contribution in [1.29, 1.82) is 0 Å². The molecule has 8 nitrogen and oxygen atoms in total. The van der Waals surface area contributed by atoms with Gasteiger partial charge in [-0.25, -0.2) is 10.1 Å². The lowest BCUT2D eigenvalue weighted by Gasteiger charge is -2.44. The van der Waals surface area contributed by atoms with Crippen LogP contribution in [0.5, 0.6) is 0 Å². The van der Waals surface area contributed by atoms with Crippen LogP contribution in [0.4, 0.5) is 0 Å². The second-order valence-corrected chi connectivity index (χ2v) is 6.42. The van der Waals surface area contributed by atoms with Gasteiger partial charge in [0.1, 0.15) is 5.10 Å². The van der Waals surface area contributed by atoms with Gasteiger partial charge in [0.15, 0.2) is 5.03 Å². The molecule has 0 bridgehead atoms. The summed E-state index contributed by atoms with van der Waals surface area (Å²) in [7, 11) is 0. The van der Waals surface area contributed by atoms with Crippen molar-refractivity contribution in [3.05, 3.63) is 10.1 Å². The molecule has 2 aliphatic heterocycles. The highest BCUT2D eigenvalue weighted by molar-refractivity contribution is 5.96. The standard InChI is InChI=1S/C13H22N4O4/c1-10(18)16-9-13(2,3)8-15(12(16)14-17(19)20)7-11-5-4-6-21-11/h11H,4-9H2,1-3H3/b14-12-. The summed E-state index contributed by atoms with van der Waals surface area (Å²) in [5.41, 5.74) is -0.153. The van der Waals surface area contributed by atoms with E-state index in [-0.39, 0.29) is 23.4 Å². The number of hydrogen-bond donors (Lipinski definition) is 0. The smallest absolute Gasteiger partial charge is 0.280 e. The van der Waals surface area contributed by atoms with Crippen LogP contribution in [0.15, 0.2) is 5.10 Å². The molecule has 2 heterocycles. The Morgan fingerprint density at radius 2 is 2.24 bits per heavy atom. The second-order valence-electron chi connectivity index (χ2n) is 6.42. The summed E-state index contributed by atoms with van der Waals surface area (Å²) < 4.78 is 5.60. The van der Waals surface area contributed by atoms with Gasteiger partial charge in [-0.05, 0) is 12.8 Å². The Kier molecular flexibility index (Phi) is 4.46. The van der Waals surface area contributed by atoms with Crippen LogP contribution in [-0.2, 0) is 9.53 Å². The number of carbonyl (C=O) groups is 1. The fourth-order valence-electron chi connectivity index (χ4n) is 2.93. The van der Waals surface area contributed by atoms with Crippen molar-refractivity contribution in [2.75, 3.05) is 26.2 Å². The molecule has 8 heteroatoms. The normalized spacial score (nSPS) is 27.2. The van der Waals surface area contributed by atoms with Crippen LogP contribution in [0.25, 0.3) is 0 Å². The van der Waals surface area contributed by atoms with Crippen molar-refractivity contribution >= 4 is 11.9 Å². The average Bonchev–Trinajstić information content (AvgIpc) is 2.83. The maximum Gasteiger partial charge on any atom is 0.280 e. The Balaban J connectivity index is 2.26. The molecule has 1 amide bonds. The first-order chi connectivity index (χ1) is 9.78. The van der Waals surface area contributed by atoms with E-state index in [1.807, 2.05) is 18.7 Å². The van der Waals surface area contributed by atoms with Crippen molar-refractivity contribution in [1.82, 2.24) is 9.80 Å². The van der Waals surface area contributed by atoms with Gasteiger partial charge in [0.2, 0.25) is 5.91 Å². The molecule has 1 unspecified atom stereocenters. The molecular weight excluding hydrogens is 276 g/mol. The maximum absolute atomic E-state index is 11.8. The van der Waals surface area contributed by atoms with Gasteiger partial charge in [0, 0.05) is 38.6 Å². The fraction of sp³-hybridized carbons (Fsp3) is 0.846. The minimum atomic E-state index is -0.744. The predicted octanol–water partition coefficient (Wildman–Crippen LogP) is 0.903. The quantitative estimate of drug-likeness (QED) is 0.570. The van der Waals surface area contributed by atoms with Crippen LogP contribution in [0, 0.1) is 15.5 Å². The fourth-order valence-corrected chi connectivity index (χ4v) is 2.93. The van der Waals surface area contributed by atoms with Gasteiger partial charge in [0.05, 0.1) is 6.10 Å². The number of hydrogen-bond acceptors (Lipinski definition) is 4. The molecule has 2 saturated heterocycles. The minimum absolute atomic E-state index is 0.0460. The monoisotopic (exact) mass is 298 g/mol. The maximum atomic E-state index is 11.8. The number of nitrogens with zero attached hydrogens (tertiary/aromatic N) is 4. The van der Waals surface area contributed by atoms with Crippen LogP contribution >= 0.6 is 0 Å². The summed E-state index contributed by atoms with van der Waals surface area (Å²) in [6.45, 7) is 7.77. The van der Waals surface area contributed by atoms with Crippen LogP contribution in [0.2, 0.25) is 0 Å². The average molecular weight is 298 g/mol. The number of nitro groups is 1. The molecule has 0 spiro atoms. The first-order valence-corrected chi connectivity index (χ1v) is 7.16. The summed E-state index contributed by atoms with van der Waals surface area (Å²) in [4.78, 5) is 25.8. The van der Waals surface area contributed by atoms with Gasteiger partial charge in [-0.15, -0.1) is 0 Å². The molecule has 0 N–H and O–H groups in total. The third-order valence-electron chi connectivity index (χ3n) is 3.73. The van der Waals surface area contributed by atoms with E-state index in [0.717, 1.165) is 19.4 Å². The van der Waals surface area contributed by atoms with E-state index in [1.165, 1.54) is 11.8 Å². The largest absolute Gasteiger partial charge is 0.376 e. The Hall–Kier alpha value is -1.70. The third-order valence-corrected chi connectivity index (χ3v) is 3.73.